The summed E-state index contributed by atoms with van der Waals surface area (Å²) in [4.78, 5) is 23.7. The van der Waals surface area contributed by atoms with Gasteiger partial charge in [0.1, 0.15) is 24.2 Å². The van der Waals surface area contributed by atoms with E-state index in [2.05, 4.69) is 10.1 Å². The van der Waals surface area contributed by atoms with Crippen molar-refractivity contribution in [1.82, 2.24) is 0 Å². The number of hydrogen-bond donors (Lipinski definition) is 1. The highest BCUT2D eigenvalue weighted by Crippen LogP contribution is 2.18. The number of hydrogen-bond acceptors (Lipinski definition) is 6. The van der Waals surface area contributed by atoms with E-state index in [4.69, 9.17) is 14.4 Å². The number of furan rings is 1. The Labute approximate surface area is 161 Å². The molecule has 0 fully saturated rings. The Bertz CT molecular complexity index is 1030. The number of benzene rings is 2. The summed E-state index contributed by atoms with van der Waals surface area (Å²) in [5.74, 6) is 0.212. The summed E-state index contributed by atoms with van der Waals surface area (Å²) in [5, 5.41) is 11.7. The second kappa shape index (κ2) is 8.56. The molecule has 0 saturated heterocycles. The molecule has 0 bridgehead atoms. The van der Waals surface area contributed by atoms with Crippen LogP contribution in [0.5, 0.6) is 5.75 Å². The van der Waals surface area contributed by atoms with E-state index in [9.17, 15) is 9.59 Å². The first-order valence-corrected chi connectivity index (χ1v) is 8.31. The van der Waals surface area contributed by atoms with Crippen LogP contribution in [0.25, 0.3) is 0 Å². The van der Waals surface area contributed by atoms with E-state index in [1.807, 2.05) is 6.07 Å². The first-order valence-electron chi connectivity index (χ1n) is 8.31. The number of rotatable bonds is 6. The SMILES string of the molecule is COC(=O)c1ccc(OCc2ccc(C(=O)Nc3ccccc3C#N)o2)cc1. The molecule has 0 aliphatic rings. The van der Waals surface area contributed by atoms with Crippen LogP contribution in [-0.4, -0.2) is 19.0 Å². The van der Waals surface area contributed by atoms with Crippen molar-refractivity contribution in [2.45, 2.75) is 6.61 Å². The van der Waals surface area contributed by atoms with Gasteiger partial charge in [0.25, 0.3) is 5.91 Å². The van der Waals surface area contributed by atoms with Gasteiger partial charge in [0.2, 0.25) is 0 Å². The molecule has 28 heavy (non-hydrogen) atoms. The molecule has 0 spiro atoms. The van der Waals surface area contributed by atoms with Crippen LogP contribution in [0.15, 0.2) is 65.1 Å². The highest BCUT2D eigenvalue weighted by molar-refractivity contribution is 6.03. The number of amides is 1. The smallest absolute Gasteiger partial charge is 0.337 e. The Morgan fingerprint density at radius 1 is 1.07 bits per heavy atom. The van der Waals surface area contributed by atoms with Crippen LogP contribution in [0.3, 0.4) is 0 Å². The number of para-hydroxylation sites is 1. The number of carbonyl (C=O) groups excluding carboxylic acids is 2. The molecule has 1 N–H and O–H groups in total. The predicted octanol–water partition coefficient (Wildman–Crippen LogP) is 3.77. The second-order valence-corrected chi connectivity index (χ2v) is 5.68. The maximum absolute atomic E-state index is 12.3. The summed E-state index contributed by atoms with van der Waals surface area (Å²) >= 11 is 0. The van der Waals surface area contributed by atoms with Crippen molar-refractivity contribution >= 4 is 17.6 Å². The number of carbonyl (C=O) groups is 2. The zero-order valence-electron chi connectivity index (χ0n) is 15.0. The number of nitriles is 1. The summed E-state index contributed by atoms with van der Waals surface area (Å²) in [7, 11) is 1.32. The van der Waals surface area contributed by atoms with Gasteiger partial charge < -0.3 is 19.2 Å². The lowest BCUT2D eigenvalue weighted by atomic mass is 10.2. The molecule has 3 rings (SSSR count). The first-order chi connectivity index (χ1) is 13.6. The molecule has 0 aliphatic heterocycles. The van der Waals surface area contributed by atoms with Gasteiger partial charge in [-0.1, -0.05) is 12.1 Å². The van der Waals surface area contributed by atoms with Crippen molar-refractivity contribution in [2.75, 3.05) is 12.4 Å². The average Bonchev–Trinajstić information content (AvgIpc) is 3.21. The number of ether oxygens (including phenoxy) is 2. The molecule has 3 aromatic rings. The van der Waals surface area contributed by atoms with Crippen molar-refractivity contribution in [3.63, 3.8) is 0 Å². The van der Waals surface area contributed by atoms with Crippen LogP contribution in [-0.2, 0) is 11.3 Å². The molecular weight excluding hydrogens is 360 g/mol. The standard InChI is InChI=1S/C21H16N2O5/c1-26-21(25)14-6-8-16(9-7-14)27-13-17-10-11-19(28-17)20(24)23-18-5-3-2-4-15(18)12-22/h2-11H,13H2,1H3,(H,23,24). The lowest BCUT2D eigenvalue weighted by Gasteiger charge is -2.06. The molecule has 2 aromatic carbocycles. The van der Waals surface area contributed by atoms with E-state index >= 15 is 0 Å². The number of nitrogens with one attached hydrogen (secondary N) is 1. The molecule has 0 unspecified atom stereocenters. The zero-order valence-corrected chi connectivity index (χ0v) is 15.0. The second-order valence-electron chi connectivity index (χ2n) is 5.68. The predicted molar refractivity (Wildman–Crippen MR) is 99.9 cm³/mol. The lowest BCUT2D eigenvalue weighted by Crippen LogP contribution is -2.11. The number of anilines is 1. The molecular formula is C21H16N2O5. The normalized spacial score (nSPS) is 10.0. The largest absolute Gasteiger partial charge is 0.486 e. The number of methoxy groups -OCH3 is 1. The highest BCUT2D eigenvalue weighted by atomic mass is 16.5. The number of nitrogens with zero attached hydrogens (tertiary/aromatic N) is 1. The van der Waals surface area contributed by atoms with Crippen LogP contribution in [0.2, 0.25) is 0 Å². The van der Waals surface area contributed by atoms with E-state index in [1.54, 1.807) is 54.6 Å². The Hall–Kier alpha value is -4.05. The van der Waals surface area contributed by atoms with Gasteiger partial charge in [0.15, 0.2) is 5.76 Å². The fraction of sp³-hybridized carbons (Fsp3) is 0.0952. The Balaban J connectivity index is 1.60. The average molecular weight is 376 g/mol. The van der Waals surface area contributed by atoms with Gasteiger partial charge in [-0.25, -0.2) is 4.79 Å². The van der Waals surface area contributed by atoms with Crippen molar-refractivity contribution in [1.29, 1.82) is 5.26 Å². The molecule has 7 heteroatoms. The lowest BCUT2D eigenvalue weighted by molar-refractivity contribution is 0.0600. The maximum Gasteiger partial charge on any atom is 0.337 e. The third-order valence-corrected chi connectivity index (χ3v) is 3.84. The van der Waals surface area contributed by atoms with Gasteiger partial charge in [-0.3, -0.25) is 4.79 Å². The summed E-state index contributed by atoms with van der Waals surface area (Å²) in [6.07, 6.45) is 0. The van der Waals surface area contributed by atoms with Crippen LogP contribution in [0.1, 0.15) is 32.2 Å². The molecule has 7 nitrogen and oxygen atoms in total. The van der Waals surface area contributed by atoms with Crippen molar-refractivity contribution < 1.29 is 23.5 Å². The van der Waals surface area contributed by atoms with E-state index in [-0.39, 0.29) is 12.4 Å². The third kappa shape index (κ3) is 4.37. The zero-order chi connectivity index (χ0) is 19.9. The van der Waals surface area contributed by atoms with E-state index in [1.165, 1.54) is 13.2 Å². The molecule has 1 aromatic heterocycles. The van der Waals surface area contributed by atoms with Crippen molar-refractivity contribution in [3.05, 3.63) is 83.3 Å². The van der Waals surface area contributed by atoms with Gasteiger partial charge in [-0.15, -0.1) is 0 Å². The quantitative estimate of drug-likeness (QED) is 0.657. The monoisotopic (exact) mass is 376 g/mol. The van der Waals surface area contributed by atoms with Crippen LogP contribution < -0.4 is 10.1 Å². The Morgan fingerprint density at radius 2 is 1.82 bits per heavy atom. The van der Waals surface area contributed by atoms with E-state index < -0.39 is 11.9 Å². The first kappa shape index (κ1) is 18.7. The third-order valence-electron chi connectivity index (χ3n) is 3.84. The minimum atomic E-state index is -0.462. The van der Waals surface area contributed by atoms with Gasteiger partial charge in [0.05, 0.1) is 23.9 Å². The van der Waals surface area contributed by atoms with Crippen molar-refractivity contribution in [3.8, 4) is 11.8 Å². The summed E-state index contributed by atoms with van der Waals surface area (Å²) in [5.41, 5.74) is 1.20. The number of esters is 1. The van der Waals surface area contributed by atoms with Crippen molar-refractivity contribution in [2.24, 2.45) is 0 Å². The summed E-state index contributed by atoms with van der Waals surface area (Å²) < 4.78 is 15.7. The summed E-state index contributed by atoms with van der Waals surface area (Å²) in [6, 6.07) is 18.3. The van der Waals surface area contributed by atoms with E-state index in [0.717, 1.165) is 0 Å². The fourth-order valence-electron chi connectivity index (χ4n) is 2.41. The van der Waals surface area contributed by atoms with Gasteiger partial charge in [-0.05, 0) is 48.5 Å². The van der Waals surface area contributed by atoms with E-state index in [0.29, 0.717) is 28.3 Å². The Morgan fingerprint density at radius 3 is 2.54 bits per heavy atom. The topological polar surface area (TPSA) is 102 Å². The summed E-state index contributed by atoms with van der Waals surface area (Å²) in [6.45, 7) is 0.111. The molecule has 1 amide bonds. The molecule has 1 heterocycles. The molecule has 0 atom stereocenters. The highest BCUT2D eigenvalue weighted by Gasteiger charge is 2.13. The molecule has 0 aliphatic carbocycles. The maximum atomic E-state index is 12.3. The minimum absolute atomic E-state index is 0.104. The molecule has 0 radical (unpaired) electrons. The molecule has 0 saturated carbocycles. The van der Waals surface area contributed by atoms with Crippen LogP contribution in [0.4, 0.5) is 5.69 Å². The fourth-order valence-corrected chi connectivity index (χ4v) is 2.41. The van der Waals surface area contributed by atoms with Gasteiger partial charge >= 0.3 is 5.97 Å². The Kier molecular flexibility index (Phi) is 5.72. The van der Waals surface area contributed by atoms with Crippen LogP contribution in [0, 0.1) is 11.3 Å². The minimum Gasteiger partial charge on any atom is -0.486 e. The van der Waals surface area contributed by atoms with Gasteiger partial charge in [-0.2, -0.15) is 5.26 Å². The van der Waals surface area contributed by atoms with Gasteiger partial charge in [0, 0.05) is 0 Å². The molecule has 140 valence electrons. The van der Waals surface area contributed by atoms with Crippen LogP contribution >= 0.6 is 0 Å².